The van der Waals surface area contributed by atoms with Crippen LogP contribution in [0.5, 0.6) is 0 Å². The molecule has 7 aliphatic rings. The van der Waals surface area contributed by atoms with Gasteiger partial charge in [0.2, 0.25) is 0 Å². The summed E-state index contributed by atoms with van der Waals surface area (Å²) < 4.78 is 0. The van der Waals surface area contributed by atoms with Gasteiger partial charge in [0.15, 0.2) is 0 Å². The van der Waals surface area contributed by atoms with Crippen molar-refractivity contribution >= 4 is 28.5 Å². The van der Waals surface area contributed by atoms with Gasteiger partial charge in [0.25, 0.3) is 0 Å². The van der Waals surface area contributed by atoms with Gasteiger partial charge >= 0.3 is 0 Å². The van der Waals surface area contributed by atoms with E-state index < -0.39 is 0 Å². The number of benzene rings is 2. The quantitative estimate of drug-likeness (QED) is 0.402. The van der Waals surface area contributed by atoms with Gasteiger partial charge < -0.3 is 5.41 Å². The average molecular weight is 522 g/mol. The molecule has 3 nitrogen and oxygen atoms in total. The normalized spacial score (nSPS) is 45.0. The Bertz CT molecular complexity index is 1450. The smallest absolute Gasteiger partial charge is 0.0630 e. The van der Waals surface area contributed by atoms with Crippen molar-refractivity contribution in [3.05, 3.63) is 59.7 Å². The first-order valence-electron chi connectivity index (χ1n) is 15.5. The van der Waals surface area contributed by atoms with Crippen LogP contribution < -0.4 is 0 Å². The predicted molar refractivity (Wildman–Crippen MR) is 160 cm³/mol. The van der Waals surface area contributed by atoms with Gasteiger partial charge in [0, 0.05) is 63.8 Å². The zero-order valence-corrected chi connectivity index (χ0v) is 22.8. The number of nitrogens with zero attached hydrogens (tertiary/aromatic N) is 2. The Kier molecular flexibility index (Phi) is 4.83. The van der Waals surface area contributed by atoms with Gasteiger partial charge in [-0.2, -0.15) is 0 Å². The monoisotopic (exact) mass is 521 g/mol. The number of nitrogens with one attached hydrogen (secondary N) is 1. The average Bonchev–Trinajstić information content (AvgIpc) is 3.59. The highest BCUT2D eigenvalue weighted by molar-refractivity contribution is 5.99. The molecule has 40 heavy (non-hydrogen) atoms. The van der Waals surface area contributed by atoms with Crippen LogP contribution in [-0.2, 0) is 0 Å². The number of aliphatic imine (C=N–C) groups is 2. The summed E-state index contributed by atoms with van der Waals surface area (Å²) in [6.07, 6.45) is 18.6. The molecule has 12 atom stereocenters. The SMILES string of the molecule is C#Cc1ccc(N=C2C3CCC4C(=N)C5CCC6C(=Nc7ccc(C#C)cc7)C7CCC2C2C3C4C5C6C72)cc1. The molecular weight excluding hydrogens is 486 g/mol. The van der Waals surface area contributed by atoms with Crippen LogP contribution in [0.25, 0.3) is 0 Å². The summed E-state index contributed by atoms with van der Waals surface area (Å²) in [6, 6.07) is 16.6. The van der Waals surface area contributed by atoms with Crippen molar-refractivity contribution in [1.82, 2.24) is 0 Å². The standard InChI is InChI=1S/C37H35N3/c1-3-19-5-9-21(10-6-19)39-36-25-15-13-23-29-30-24(35(23)38)14-16-26-32(30)34-28(18-17-27(36)33(34)31(25)29)37(26)40-22-11-7-20(4-2)8-12-22/h1-2,5-12,23-34,38H,13-18H2. The van der Waals surface area contributed by atoms with E-state index in [2.05, 4.69) is 36.1 Å². The molecule has 2 aromatic carbocycles. The Morgan fingerprint density at radius 2 is 0.800 bits per heavy atom. The van der Waals surface area contributed by atoms with Crippen LogP contribution in [0, 0.1) is 101 Å². The summed E-state index contributed by atoms with van der Waals surface area (Å²) in [6.45, 7) is 0. The molecule has 7 fully saturated rings. The fourth-order valence-corrected chi connectivity index (χ4v) is 11.8. The van der Waals surface area contributed by atoms with Crippen LogP contribution in [0.2, 0.25) is 0 Å². The second kappa shape index (κ2) is 8.30. The molecule has 0 aromatic heterocycles. The highest BCUT2D eigenvalue weighted by Crippen LogP contribution is 2.75. The van der Waals surface area contributed by atoms with Crippen molar-refractivity contribution in [2.75, 3.05) is 0 Å². The Morgan fingerprint density at radius 3 is 1.12 bits per heavy atom. The highest BCUT2D eigenvalue weighted by Gasteiger charge is 2.73. The fourth-order valence-electron chi connectivity index (χ4n) is 11.8. The van der Waals surface area contributed by atoms with Gasteiger partial charge in [-0.05, 0) is 123 Å². The van der Waals surface area contributed by atoms with E-state index in [-0.39, 0.29) is 0 Å². The van der Waals surface area contributed by atoms with Crippen LogP contribution in [0.3, 0.4) is 0 Å². The highest BCUT2D eigenvalue weighted by atomic mass is 14.9. The third-order valence-electron chi connectivity index (χ3n) is 12.7. The van der Waals surface area contributed by atoms with Crippen molar-refractivity contribution in [2.45, 2.75) is 38.5 Å². The van der Waals surface area contributed by atoms with E-state index in [1.54, 1.807) is 0 Å². The Balaban J connectivity index is 1.18. The van der Waals surface area contributed by atoms with Crippen molar-refractivity contribution in [3.63, 3.8) is 0 Å². The molecule has 2 aromatic rings. The molecule has 7 saturated carbocycles. The first-order chi connectivity index (χ1) is 19.7. The maximum Gasteiger partial charge on any atom is 0.0630 e. The van der Waals surface area contributed by atoms with Gasteiger partial charge in [-0.3, -0.25) is 9.98 Å². The predicted octanol–water partition coefficient (Wildman–Crippen LogP) is 7.34. The zero-order chi connectivity index (χ0) is 26.7. The van der Waals surface area contributed by atoms with Crippen LogP contribution in [0.4, 0.5) is 11.4 Å². The fraction of sp³-hybridized carbons (Fsp3) is 0.486. The molecule has 0 spiro atoms. The van der Waals surface area contributed by atoms with E-state index >= 15 is 0 Å². The number of terminal acetylenes is 2. The second-order valence-electron chi connectivity index (χ2n) is 13.7. The van der Waals surface area contributed by atoms with E-state index in [4.69, 9.17) is 22.8 Å². The molecule has 12 unspecified atom stereocenters. The van der Waals surface area contributed by atoms with Crippen LogP contribution in [0.15, 0.2) is 58.5 Å². The molecule has 3 heteroatoms. The Labute approximate surface area is 237 Å². The maximum absolute atomic E-state index is 9.37. The van der Waals surface area contributed by atoms with Gasteiger partial charge in [-0.25, -0.2) is 0 Å². The topological polar surface area (TPSA) is 48.6 Å². The third kappa shape index (κ3) is 2.92. The lowest BCUT2D eigenvalue weighted by atomic mass is 9.48. The van der Waals surface area contributed by atoms with Gasteiger partial charge in [-0.15, -0.1) is 12.8 Å². The van der Waals surface area contributed by atoms with Crippen molar-refractivity contribution in [1.29, 1.82) is 5.41 Å². The molecule has 0 radical (unpaired) electrons. The minimum Gasteiger partial charge on any atom is -0.309 e. The molecule has 0 bridgehead atoms. The lowest BCUT2D eigenvalue weighted by molar-refractivity contribution is -0.0918. The molecule has 0 saturated heterocycles. The summed E-state index contributed by atoms with van der Waals surface area (Å²) in [5, 5.41) is 9.37. The van der Waals surface area contributed by atoms with E-state index in [0.717, 1.165) is 28.2 Å². The maximum atomic E-state index is 9.37. The van der Waals surface area contributed by atoms with Gasteiger partial charge in [0.05, 0.1) is 11.4 Å². The van der Waals surface area contributed by atoms with Gasteiger partial charge in [0.1, 0.15) is 0 Å². The lowest BCUT2D eigenvalue weighted by Crippen LogP contribution is -2.52. The van der Waals surface area contributed by atoms with Crippen LogP contribution in [-0.4, -0.2) is 17.1 Å². The van der Waals surface area contributed by atoms with Crippen molar-refractivity contribution in [2.24, 2.45) is 81.0 Å². The summed E-state index contributed by atoms with van der Waals surface area (Å²) in [5.74, 6) is 13.1. The summed E-state index contributed by atoms with van der Waals surface area (Å²) in [7, 11) is 0. The molecule has 0 heterocycles. The van der Waals surface area contributed by atoms with E-state index in [9.17, 15) is 5.41 Å². The van der Waals surface area contributed by atoms with E-state index in [0.29, 0.717) is 71.0 Å². The molecule has 0 aliphatic heterocycles. The largest absolute Gasteiger partial charge is 0.309 e. The Hall–Kier alpha value is -3.43. The lowest BCUT2D eigenvalue weighted by Gasteiger charge is -2.55. The molecular formula is C37H35N3. The van der Waals surface area contributed by atoms with Crippen LogP contribution >= 0.6 is 0 Å². The zero-order valence-electron chi connectivity index (χ0n) is 22.8. The molecule has 9 rings (SSSR count). The summed E-state index contributed by atoms with van der Waals surface area (Å²) >= 11 is 0. The van der Waals surface area contributed by atoms with E-state index in [1.165, 1.54) is 49.9 Å². The molecule has 198 valence electrons. The van der Waals surface area contributed by atoms with Crippen molar-refractivity contribution < 1.29 is 0 Å². The molecule has 1 N–H and O–H groups in total. The first-order valence-corrected chi connectivity index (χ1v) is 15.5. The van der Waals surface area contributed by atoms with E-state index in [1.807, 2.05) is 24.3 Å². The summed E-state index contributed by atoms with van der Waals surface area (Å²) in [5.41, 5.74) is 8.09. The Morgan fingerprint density at radius 1 is 0.500 bits per heavy atom. The second-order valence-corrected chi connectivity index (χ2v) is 13.7. The summed E-state index contributed by atoms with van der Waals surface area (Å²) in [4.78, 5) is 10.9. The number of rotatable bonds is 2. The minimum absolute atomic E-state index is 0.517. The minimum atomic E-state index is 0.517. The molecule has 7 aliphatic carbocycles. The molecule has 0 amide bonds. The third-order valence-corrected chi connectivity index (χ3v) is 12.7. The first kappa shape index (κ1) is 23.3. The number of hydrogen-bond donors (Lipinski definition) is 1. The van der Waals surface area contributed by atoms with Crippen molar-refractivity contribution in [3.8, 4) is 24.7 Å². The van der Waals surface area contributed by atoms with Gasteiger partial charge in [-0.1, -0.05) is 11.8 Å². The number of hydrogen-bond acceptors (Lipinski definition) is 3. The van der Waals surface area contributed by atoms with Crippen LogP contribution in [0.1, 0.15) is 49.7 Å².